The van der Waals surface area contributed by atoms with Crippen LogP contribution in [0.1, 0.15) is 49.1 Å². The number of rotatable bonds is 5. The van der Waals surface area contributed by atoms with E-state index in [2.05, 4.69) is 5.32 Å². The summed E-state index contributed by atoms with van der Waals surface area (Å²) in [5.74, 6) is -0.810. The molecule has 8 heteroatoms. The summed E-state index contributed by atoms with van der Waals surface area (Å²) in [5, 5.41) is 2.84. The standard InChI is InChI=1S/C26H26N2O5S/c1-16-12-21(34(31,32)28(3)4)15-23(17(16)2)27-25(29)19-10-11-22-20(13-19)14-24(33-26(22)30)18-8-6-5-7-9-18/h5-13,15,24H,14H2,1-4H3,(H,27,29). The number of benzene rings is 3. The maximum Gasteiger partial charge on any atom is 0.339 e. The maximum atomic E-state index is 13.1. The molecule has 0 aromatic heterocycles. The third kappa shape index (κ3) is 4.47. The van der Waals surface area contributed by atoms with E-state index in [0.29, 0.717) is 23.2 Å². The van der Waals surface area contributed by atoms with Gasteiger partial charge in [-0.2, -0.15) is 0 Å². The molecule has 1 atom stereocenters. The Hall–Kier alpha value is -3.49. The Morgan fingerprint density at radius 3 is 2.41 bits per heavy atom. The van der Waals surface area contributed by atoms with E-state index in [4.69, 9.17) is 4.74 Å². The number of hydrogen-bond acceptors (Lipinski definition) is 5. The third-order valence-corrected chi connectivity index (χ3v) is 7.87. The number of cyclic esters (lactones) is 1. The molecule has 0 fully saturated rings. The molecule has 0 saturated carbocycles. The van der Waals surface area contributed by atoms with Crippen molar-refractivity contribution in [2.45, 2.75) is 31.3 Å². The summed E-state index contributed by atoms with van der Waals surface area (Å²) in [4.78, 5) is 25.7. The molecule has 3 aromatic carbocycles. The van der Waals surface area contributed by atoms with Crippen LogP contribution in [0, 0.1) is 13.8 Å². The minimum absolute atomic E-state index is 0.106. The summed E-state index contributed by atoms with van der Waals surface area (Å²) in [5.41, 5.74) is 4.38. The number of esters is 1. The molecular weight excluding hydrogens is 452 g/mol. The first-order valence-corrected chi connectivity index (χ1v) is 12.3. The first-order valence-electron chi connectivity index (χ1n) is 10.8. The topological polar surface area (TPSA) is 92.8 Å². The number of carbonyl (C=O) groups is 2. The molecule has 1 aliphatic rings. The molecule has 0 spiro atoms. The normalized spacial score (nSPS) is 15.6. The number of anilines is 1. The number of fused-ring (bicyclic) bond motifs is 1. The lowest BCUT2D eigenvalue weighted by Crippen LogP contribution is -2.23. The molecule has 176 valence electrons. The molecular formula is C26H26N2O5S. The molecule has 3 aromatic rings. The van der Waals surface area contributed by atoms with Gasteiger partial charge in [0.2, 0.25) is 10.0 Å². The van der Waals surface area contributed by atoms with Gasteiger partial charge in [0.1, 0.15) is 6.10 Å². The zero-order valence-corrected chi connectivity index (χ0v) is 20.3. The second kappa shape index (κ2) is 9.04. The van der Waals surface area contributed by atoms with Crippen molar-refractivity contribution in [2.75, 3.05) is 19.4 Å². The van der Waals surface area contributed by atoms with Gasteiger partial charge in [0, 0.05) is 31.8 Å². The number of hydrogen-bond donors (Lipinski definition) is 1. The first-order chi connectivity index (χ1) is 16.1. The molecule has 0 bridgehead atoms. The number of ether oxygens (including phenoxy) is 1. The van der Waals surface area contributed by atoms with Crippen molar-refractivity contribution in [3.05, 3.63) is 94.0 Å². The van der Waals surface area contributed by atoms with Gasteiger partial charge in [-0.25, -0.2) is 17.5 Å². The minimum Gasteiger partial charge on any atom is -0.454 e. The monoisotopic (exact) mass is 478 g/mol. The molecule has 4 rings (SSSR count). The van der Waals surface area contributed by atoms with Gasteiger partial charge in [-0.15, -0.1) is 0 Å². The SMILES string of the molecule is Cc1cc(S(=O)(=O)N(C)C)cc(NC(=O)c2ccc3c(c2)CC(c2ccccc2)OC3=O)c1C. The lowest BCUT2D eigenvalue weighted by molar-refractivity contribution is 0.0252. The molecule has 34 heavy (non-hydrogen) atoms. The van der Waals surface area contributed by atoms with Gasteiger partial charge in [-0.05, 0) is 66.4 Å². The highest BCUT2D eigenvalue weighted by molar-refractivity contribution is 7.89. The summed E-state index contributed by atoms with van der Waals surface area (Å²) in [6.07, 6.45) is 0.0401. The fourth-order valence-electron chi connectivity index (χ4n) is 3.90. The Bertz CT molecular complexity index is 1380. The number of amides is 1. The fourth-order valence-corrected chi connectivity index (χ4v) is 4.92. The van der Waals surface area contributed by atoms with Crippen LogP contribution in [-0.4, -0.2) is 38.7 Å². The van der Waals surface area contributed by atoms with Crippen molar-refractivity contribution >= 4 is 27.6 Å². The number of carbonyl (C=O) groups excluding carboxylic acids is 2. The van der Waals surface area contributed by atoms with Gasteiger partial charge in [0.15, 0.2) is 0 Å². The molecule has 1 N–H and O–H groups in total. The quantitative estimate of drug-likeness (QED) is 0.553. The van der Waals surface area contributed by atoms with Crippen LogP contribution in [0.25, 0.3) is 0 Å². The largest absolute Gasteiger partial charge is 0.454 e. The van der Waals surface area contributed by atoms with Crippen LogP contribution in [-0.2, 0) is 21.2 Å². The smallest absolute Gasteiger partial charge is 0.339 e. The lowest BCUT2D eigenvalue weighted by atomic mass is 9.93. The van der Waals surface area contributed by atoms with Crippen LogP contribution in [0.3, 0.4) is 0 Å². The van der Waals surface area contributed by atoms with Crippen molar-refractivity contribution < 1.29 is 22.7 Å². The molecule has 0 saturated heterocycles. The molecule has 1 heterocycles. The zero-order valence-electron chi connectivity index (χ0n) is 19.5. The van der Waals surface area contributed by atoms with Crippen molar-refractivity contribution in [3.63, 3.8) is 0 Å². The van der Waals surface area contributed by atoms with Crippen molar-refractivity contribution in [2.24, 2.45) is 0 Å². The number of aryl methyl sites for hydroxylation is 1. The van der Waals surface area contributed by atoms with Crippen LogP contribution < -0.4 is 5.32 Å². The molecule has 0 radical (unpaired) electrons. The Morgan fingerprint density at radius 1 is 1.03 bits per heavy atom. The highest BCUT2D eigenvalue weighted by atomic mass is 32.2. The lowest BCUT2D eigenvalue weighted by Gasteiger charge is -2.25. The van der Waals surface area contributed by atoms with Gasteiger partial charge in [-0.3, -0.25) is 4.79 Å². The first kappa shape index (κ1) is 23.7. The van der Waals surface area contributed by atoms with Crippen molar-refractivity contribution in [3.8, 4) is 0 Å². The van der Waals surface area contributed by atoms with Gasteiger partial charge in [-0.1, -0.05) is 30.3 Å². The summed E-state index contributed by atoms with van der Waals surface area (Å²) in [6, 6.07) is 17.4. The highest BCUT2D eigenvalue weighted by Gasteiger charge is 2.28. The third-order valence-electron chi connectivity index (χ3n) is 6.08. The highest BCUT2D eigenvalue weighted by Crippen LogP contribution is 2.31. The molecule has 1 aliphatic heterocycles. The fraction of sp³-hybridized carbons (Fsp3) is 0.231. The molecule has 0 aliphatic carbocycles. The molecule has 1 amide bonds. The van der Waals surface area contributed by atoms with Crippen LogP contribution >= 0.6 is 0 Å². The van der Waals surface area contributed by atoms with Crippen LogP contribution in [0.2, 0.25) is 0 Å². The second-order valence-electron chi connectivity index (χ2n) is 8.53. The molecule has 1 unspecified atom stereocenters. The minimum atomic E-state index is -3.66. The Labute approximate surface area is 199 Å². The van der Waals surface area contributed by atoms with E-state index in [1.807, 2.05) is 37.3 Å². The number of sulfonamides is 1. The van der Waals surface area contributed by atoms with E-state index in [1.54, 1.807) is 31.2 Å². The average Bonchev–Trinajstić information content (AvgIpc) is 2.81. The summed E-state index contributed by atoms with van der Waals surface area (Å²) in [7, 11) is -0.735. The predicted molar refractivity (Wildman–Crippen MR) is 129 cm³/mol. The summed E-state index contributed by atoms with van der Waals surface area (Å²) in [6.45, 7) is 3.62. The second-order valence-corrected chi connectivity index (χ2v) is 10.7. The Morgan fingerprint density at radius 2 is 1.74 bits per heavy atom. The predicted octanol–water partition coefficient (Wildman–Crippen LogP) is 4.26. The van der Waals surface area contributed by atoms with E-state index in [-0.39, 0.29) is 10.8 Å². The van der Waals surface area contributed by atoms with Crippen molar-refractivity contribution in [1.29, 1.82) is 0 Å². The Kier molecular flexibility index (Phi) is 6.29. The van der Waals surface area contributed by atoms with E-state index in [9.17, 15) is 18.0 Å². The number of nitrogens with zero attached hydrogens (tertiary/aromatic N) is 1. The van der Waals surface area contributed by atoms with E-state index in [1.165, 1.54) is 20.2 Å². The van der Waals surface area contributed by atoms with E-state index < -0.39 is 22.1 Å². The zero-order chi connectivity index (χ0) is 24.6. The van der Waals surface area contributed by atoms with Gasteiger partial charge < -0.3 is 10.1 Å². The van der Waals surface area contributed by atoms with E-state index >= 15 is 0 Å². The summed E-state index contributed by atoms with van der Waals surface area (Å²) < 4.78 is 31.9. The van der Waals surface area contributed by atoms with Gasteiger partial charge in [0.05, 0.1) is 10.5 Å². The van der Waals surface area contributed by atoms with Crippen LogP contribution in [0.4, 0.5) is 5.69 Å². The Balaban J connectivity index is 1.63. The van der Waals surface area contributed by atoms with Crippen LogP contribution in [0.15, 0.2) is 65.6 Å². The van der Waals surface area contributed by atoms with E-state index in [0.717, 1.165) is 26.6 Å². The molecule has 7 nitrogen and oxygen atoms in total. The summed E-state index contributed by atoms with van der Waals surface area (Å²) >= 11 is 0. The van der Waals surface area contributed by atoms with Crippen molar-refractivity contribution in [1.82, 2.24) is 4.31 Å². The van der Waals surface area contributed by atoms with Gasteiger partial charge >= 0.3 is 5.97 Å². The van der Waals surface area contributed by atoms with Crippen LogP contribution in [0.5, 0.6) is 0 Å². The average molecular weight is 479 g/mol. The van der Waals surface area contributed by atoms with Gasteiger partial charge in [0.25, 0.3) is 5.91 Å². The number of nitrogens with one attached hydrogen (secondary N) is 1. The maximum absolute atomic E-state index is 13.1.